The fourth-order valence-corrected chi connectivity index (χ4v) is 1.23. The van der Waals surface area contributed by atoms with Gasteiger partial charge in [-0.25, -0.2) is 4.39 Å². The molecule has 0 fully saturated rings. The SMILES string of the molecule is C=CCOc1cc(F)cc(CNCC)c1. The zero-order chi connectivity index (χ0) is 11.1. The first-order valence-electron chi connectivity index (χ1n) is 5.00. The Bertz CT molecular complexity index is 325. The Kier molecular flexibility index (Phi) is 4.84. The topological polar surface area (TPSA) is 21.3 Å². The minimum atomic E-state index is -0.274. The molecule has 0 aliphatic rings. The normalized spacial score (nSPS) is 10.0. The van der Waals surface area contributed by atoms with Crippen LogP contribution in [-0.2, 0) is 6.54 Å². The molecule has 0 saturated carbocycles. The van der Waals surface area contributed by atoms with E-state index in [0.29, 0.717) is 18.9 Å². The number of hydrogen-bond acceptors (Lipinski definition) is 2. The number of hydrogen-bond donors (Lipinski definition) is 1. The van der Waals surface area contributed by atoms with Gasteiger partial charge in [0, 0.05) is 12.6 Å². The van der Waals surface area contributed by atoms with Crippen molar-refractivity contribution in [3.05, 3.63) is 42.2 Å². The van der Waals surface area contributed by atoms with Crippen LogP contribution in [0.25, 0.3) is 0 Å². The van der Waals surface area contributed by atoms with Crippen molar-refractivity contribution in [2.45, 2.75) is 13.5 Å². The molecule has 0 aromatic heterocycles. The molecule has 0 aliphatic heterocycles. The number of benzene rings is 1. The lowest BCUT2D eigenvalue weighted by molar-refractivity contribution is 0.360. The summed E-state index contributed by atoms with van der Waals surface area (Å²) in [5.41, 5.74) is 0.885. The number of nitrogens with one attached hydrogen (secondary N) is 1. The predicted octanol–water partition coefficient (Wildman–Crippen LogP) is 2.50. The van der Waals surface area contributed by atoms with Crippen molar-refractivity contribution in [2.24, 2.45) is 0 Å². The third kappa shape index (κ3) is 4.13. The van der Waals surface area contributed by atoms with Crippen LogP contribution in [-0.4, -0.2) is 13.2 Å². The van der Waals surface area contributed by atoms with Crippen LogP contribution < -0.4 is 10.1 Å². The van der Waals surface area contributed by atoms with Crippen molar-refractivity contribution >= 4 is 0 Å². The molecule has 15 heavy (non-hydrogen) atoms. The third-order valence-electron chi connectivity index (χ3n) is 1.88. The molecule has 1 aromatic rings. The molecule has 1 rings (SSSR count). The van der Waals surface area contributed by atoms with Gasteiger partial charge in [0.15, 0.2) is 0 Å². The van der Waals surface area contributed by atoms with Crippen LogP contribution in [0, 0.1) is 5.82 Å². The maximum absolute atomic E-state index is 13.1. The lowest BCUT2D eigenvalue weighted by Crippen LogP contribution is -2.12. The Labute approximate surface area is 89.8 Å². The largest absolute Gasteiger partial charge is 0.489 e. The van der Waals surface area contributed by atoms with Gasteiger partial charge in [-0.3, -0.25) is 0 Å². The Hall–Kier alpha value is -1.35. The third-order valence-corrected chi connectivity index (χ3v) is 1.88. The smallest absolute Gasteiger partial charge is 0.127 e. The Balaban J connectivity index is 2.70. The number of halogens is 1. The fraction of sp³-hybridized carbons (Fsp3) is 0.333. The van der Waals surface area contributed by atoms with Crippen molar-refractivity contribution in [1.82, 2.24) is 5.32 Å². The van der Waals surface area contributed by atoms with Gasteiger partial charge in [0.05, 0.1) is 0 Å². The van der Waals surface area contributed by atoms with E-state index < -0.39 is 0 Å². The minimum absolute atomic E-state index is 0.274. The lowest BCUT2D eigenvalue weighted by atomic mass is 10.2. The highest BCUT2D eigenvalue weighted by molar-refractivity contribution is 5.29. The summed E-state index contributed by atoms with van der Waals surface area (Å²) in [5.74, 6) is 0.271. The summed E-state index contributed by atoms with van der Waals surface area (Å²) in [7, 11) is 0. The Morgan fingerprint density at radius 2 is 2.27 bits per heavy atom. The standard InChI is InChI=1S/C12H16FNO/c1-3-5-15-12-7-10(9-14-4-2)6-11(13)8-12/h3,6-8,14H,1,4-5,9H2,2H3. The number of rotatable bonds is 6. The zero-order valence-electron chi connectivity index (χ0n) is 8.92. The molecule has 0 bridgehead atoms. The molecule has 0 unspecified atom stereocenters. The van der Waals surface area contributed by atoms with E-state index in [1.807, 2.05) is 13.0 Å². The first kappa shape index (κ1) is 11.7. The van der Waals surface area contributed by atoms with Gasteiger partial charge in [0.2, 0.25) is 0 Å². The second-order valence-electron chi connectivity index (χ2n) is 3.18. The molecule has 0 spiro atoms. The molecule has 0 heterocycles. The van der Waals surface area contributed by atoms with Crippen LogP contribution >= 0.6 is 0 Å². The van der Waals surface area contributed by atoms with Crippen molar-refractivity contribution < 1.29 is 9.13 Å². The molecule has 1 aromatic carbocycles. The summed E-state index contributed by atoms with van der Waals surface area (Å²) in [4.78, 5) is 0. The summed E-state index contributed by atoms with van der Waals surface area (Å²) < 4.78 is 18.4. The van der Waals surface area contributed by atoms with Gasteiger partial charge in [0.1, 0.15) is 18.2 Å². The first-order chi connectivity index (χ1) is 7.26. The predicted molar refractivity (Wildman–Crippen MR) is 59.5 cm³/mol. The molecule has 0 aliphatic carbocycles. The highest BCUT2D eigenvalue weighted by Crippen LogP contribution is 2.16. The van der Waals surface area contributed by atoms with E-state index in [9.17, 15) is 4.39 Å². The van der Waals surface area contributed by atoms with Crippen molar-refractivity contribution in [2.75, 3.05) is 13.2 Å². The Morgan fingerprint density at radius 3 is 2.93 bits per heavy atom. The second-order valence-corrected chi connectivity index (χ2v) is 3.18. The lowest BCUT2D eigenvalue weighted by Gasteiger charge is -2.07. The van der Waals surface area contributed by atoms with Crippen molar-refractivity contribution in [3.63, 3.8) is 0 Å². The van der Waals surface area contributed by atoms with E-state index >= 15 is 0 Å². The maximum atomic E-state index is 13.1. The van der Waals surface area contributed by atoms with Crippen LogP contribution in [0.2, 0.25) is 0 Å². The van der Waals surface area contributed by atoms with Crippen LogP contribution in [0.15, 0.2) is 30.9 Å². The van der Waals surface area contributed by atoms with E-state index in [2.05, 4.69) is 11.9 Å². The molecule has 3 heteroatoms. The van der Waals surface area contributed by atoms with E-state index in [-0.39, 0.29) is 5.82 Å². The van der Waals surface area contributed by atoms with Crippen LogP contribution in [0.4, 0.5) is 4.39 Å². The van der Waals surface area contributed by atoms with E-state index in [4.69, 9.17) is 4.74 Å². The van der Waals surface area contributed by atoms with Crippen LogP contribution in [0.1, 0.15) is 12.5 Å². The average molecular weight is 209 g/mol. The fourth-order valence-electron chi connectivity index (χ4n) is 1.23. The molecular formula is C12H16FNO. The van der Waals surface area contributed by atoms with Gasteiger partial charge in [-0.2, -0.15) is 0 Å². The molecule has 1 N–H and O–H groups in total. The summed E-state index contributed by atoms with van der Waals surface area (Å²) in [6.07, 6.45) is 1.63. The zero-order valence-corrected chi connectivity index (χ0v) is 8.92. The highest BCUT2D eigenvalue weighted by atomic mass is 19.1. The summed E-state index contributed by atoms with van der Waals surface area (Å²) in [6.45, 7) is 7.45. The van der Waals surface area contributed by atoms with Crippen molar-refractivity contribution in [3.8, 4) is 5.75 Å². The quantitative estimate of drug-likeness (QED) is 0.727. The summed E-state index contributed by atoms with van der Waals surface area (Å²) >= 11 is 0. The molecule has 0 atom stereocenters. The van der Waals surface area contributed by atoms with Gasteiger partial charge in [0.25, 0.3) is 0 Å². The second kappa shape index (κ2) is 6.19. The van der Waals surface area contributed by atoms with E-state index in [1.54, 1.807) is 6.08 Å². The first-order valence-corrected chi connectivity index (χ1v) is 5.00. The monoisotopic (exact) mass is 209 g/mol. The van der Waals surface area contributed by atoms with E-state index in [1.165, 1.54) is 12.1 Å². The summed E-state index contributed by atoms with van der Waals surface area (Å²) in [6, 6.07) is 4.71. The number of ether oxygens (including phenoxy) is 1. The average Bonchev–Trinajstić information content (AvgIpc) is 2.23. The molecule has 0 radical (unpaired) electrons. The van der Waals surface area contributed by atoms with Gasteiger partial charge in [-0.1, -0.05) is 19.6 Å². The minimum Gasteiger partial charge on any atom is -0.489 e. The van der Waals surface area contributed by atoms with Gasteiger partial charge in [-0.15, -0.1) is 0 Å². The van der Waals surface area contributed by atoms with E-state index in [0.717, 1.165) is 12.1 Å². The molecule has 0 saturated heterocycles. The van der Waals surface area contributed by atoms with Gasteiger partial charge in [-0.05, 0) is 24.2 Å². The van der Waals surface area contributed by atoms with Crippen LogP contribution in [0.5, 0.6) is 5.75 Å². The molecule has 82 valence electrons. The highest BCUT2D eigenvalue weighted by Gasteiger charge is 2.00. The van der Waals surface area contributed by atoms with Crippen LogP contribution in [0.3, 0.4) is 0 Å². The van der Waals surface area contributed by atoms with Crippen molar-refractivity contribution in [1.29, 1.82) is 0 Å². The molecule has 2 nitrogen and oxygen atoms in total. The Morgan fingerprint density at radius 1 is 1.47 bits per heavy atom. The van der Waals surface area contributed by atoms with Gasteiger partial charge >= 0.3 is 0 Å². The molecule has 0 amide bonds. The summed E-state index contributed by atoms with van der Waals surface area (Å²) in [5, 5.41) is 3.13. The van der Waals surface area contributed by atoms with Gasteiger partial charge < -0.3 is 10.1 Å². The maximum Gasteiger partial charge on any atom is 0.127 e. The molecular weight excluding hydrogens is 193 g/mol.